The summed E-state index contributed by atoms with van der Waals surface area (Å²) < 4.78 is 2.01. The Morgan fingerprint density at radius 2 is 1.48 bits per heavy atom. The maximum Gasteiger partial charge on any atom is 0.242 e. The number of fused-ring (bicyclic) bond motifs is 3. The van der Waals surface area contributed by atoms with Gasteiger partial charge in [0.05, 0.1) is 11.3 Å². The van der Waals surface area contributed by atoms with Crippen molar-refractivity contribution in [1.29, 1.82) is 0 Å². The third kappa shape index (κ3) is 3.64. The number of carbonyl (C=O) groups is 1. The van der Waals surface area contributed by atoms with Crippen LogP contribution in [0, 0.1) is 0 Å². The van der Waals surface area contributed by atoms with Crippen molar-refractivity contribution >= 4 is 51.1 Å². The van der Waals surface area contributed by atoms with Gasteiger partial charge in [-0.25, -0.2) is 4.98 Å². The van der Waals surface area contributed by atoms with Crippen LogP contribution in [0.3, 0.4) is 0 Å². The second-order valence-corrected chi connectivity index (χ2v) is 7.97. The molecule has 0 aliphatic rings. The van der Waals surface area contributed by atoms with Crippen molar-refractivity contribution in [2.24, 2.45) is 7.05 Å². The number of hydrogen-bond donors (Lipinski definition) is 0. The van der Waals surface area contributed by atoms with Crippen LogP contribution in [0.5, 0.6) is 0 Å². The van der Waals surface area contributed by atoms with Gasteiger partial charge in [0.2, 0.25) is 11.1 Å². The van der Waals surface area contributed by atoms with Crippen molar-refractivity contribution in [3.8, 4) is 0 Å². The number of aromatic nitrogens is 4. The molecule has 6 nitrogen and oxygen atoms in total. The van der Waals surface area contributed by atoms with Crippen molar-refractivity contribution in [3.05, 3.63) is 84.9 Å². The molecule has 7 heteroatoms. The van der Waals surface area contributed by atoms with E-state index in [0.29, 0.717) is 5.16 Å². The Hall–Kier alpha value is -3.71. The Kier molecular flexibility index (Phi) is 5.09. The van der Waals surface area contributed by atoms with Gasteiger partial charge >= 0.3 is 0 Å². The minimum Gasteiger partial charge on any atom is -0.327 e. The molecule has 5 aromatic rings. The van der Waals surface area contributed by atoms with E-state index < -0.39 is 0 Å². The molecule has 0 aliphatic carbocycles. The standard InChI is InChI=1S/C24H19N5OS/c1-28-20-15-9-8-14-19(20)22-23(28)25-24(27-26-22)31-16-21(30)29(17-10-4-2-5-11-17)18-12-6-3-7-13-18/h2-15H,16H2,1H3. The Bertz CT molecular complexity index is 1330. The number of carbonyl (C=O) groups excluding carboxylic acids is 1. The topological polar surface area (TPSA) is 63.9 Å². The molecule has 31 heavy (non-hydrogen) atoms. The minimum absolute atomic E-state index is 0.0526. The average Bonchev–Trinajstić information content (AvgIpc) is 3.11. The van der Waals surface area contributed by atoms with Crippen LogP contribution in [-0.2, 0) is 11.8 Å². The van der Waals surface area contributed by atoms with E-state index >= 15 is 0 Å². The van der Waals surface area contributed by atoms with Gasteiger partial charge in [0.15, 0.2) is 5.65 Å². The first-order valence-corrected chi connectivity index (χ1v) is 10.8. The van der Waals surface area contributed by atoms with Gasteiger partial charge in [0.1, 0.15) is 5.52 Å². The van der Waals surface area contributed by atoms with Crippen LogP contribution in [0.4, 0.5) is 11.4 Å². The van der Waals surface area contributed by atoms with Gasteiger partial charge in [-0.1, -0.05) is 66.4 Å². The molecule has 2 heterocycles. The summed E-state index contributed by atoms with van der Waals surface area (Å²) >= 11 is 1.29. The van der Waals surface area contributed by atoms with E-state index in [1.54, 1.807) is 4.90 Å². The fourth-order valence-corrected chi connectivity index (χ4v) is 4.27. The Balaban J connectivity index is 1.42. The van der Waals surface area contributed by atoms with Crippen LogP contribution in [0.2, 0.25) is 0 Å². The lowest BCUT2D eigenvalue weighted by molar-refractivity contribution is -0.115. The number of rotatable bonds is 5. The van der Waals surface area contributed by atoms with Crippen molar-refractivity contribution in [1.82, 2.24) is 19.7 Å². The summed E-state index contributed by atoms with van der Waals surface area (Å²) in [5.41, 5.74) is 4.22. The van der Waals surface area contributed by atoms with Gasteiger partial charge in [-0.3, -0.25) is 9.69 Å². The maximum absolute atomic E-state index is 13.2. The zero-order valence-corrected chi connectivity index (χ0v) is 17.7. The molecule has 0 atom stereocenters. The van der Waals surface area contributed by atoms with Gasteiger partial charge in [0.25, 0.3) is 0 Å². The third-order valence-electron chi connectivity index (χ3n) is 5.09. The van der Waals surface area contributed by atoms with E-state index in [4.69, 9.17) is 0 Å². The maximum atomic E-state index is 13.2. The monoisotopic (exact) mass is 425 g/mol. The van der Waals surface area contributed by atoms with E-state index in [1.807, 2.05) is 96.5 Å². The second-order valence-electron chi connectivity index (χ2n) is 7.03. The number of nitrogens with zero attached hydrogens (tertiary/aromatic N) is 5. The Labute approximate surface area is 183 Å². The molecule has 0 N–H and O–H groups in total. The molecule has 0 spiro atoms. The fraction of sp³-hybridized carbons (Fsp3) is 0.0833. The molecule has 152 valence electrons. The molecule has 3 aromatic carbocycles. The van der Waals surface area contributed by atoms with Gasteiger partial charge < -0.3 is 4.57 Å². The van der Waals surface area contributed by atoms with Crippen molar-refractivity contribution in [3.63, 3.8) is 0 Å². The average molecular weight is 426 g/mol. The molecule has 0 unspecified atom stereocenters. The lowest BCUT2D eigenvalue weighted by Crippen LogP contribution is -2.27. The number of anilines is 2. The molecule has 0 saturated carbocycles. The summed E-state index contributed by atoms with van der Waals surface area (Å²) in [5.74, 6) is 0.143. The summed E-state index contributed by atoms with van der Waals surface area (Å²) in [6, 6.07) is 27.3. The Morgan fingerprint density at radius 3 is 2.16 bits per heavy atom. The van der Waals surface area contributed by atoms with E-state index in [0.717, 1.165) is 33.4 Å². The lowest BCUT2D eigenvalue weighted by Gasteiger charge is -2.22. The highest BCUT2D eigenvalue weighted by Gasteiger charge is 2.19. The highest BCUT2D eigenvalue weighted by atomic mass is 32.2. The van der Waals surface area contributed by atoms with Crippen LogP contribution in [0.1, 0.15) is 0 Å². The highest BCUT2D eigenvalue weighted by Crippen LogP contribution is 2.28. The largest absolute Gasteiger partial charge is 0.327 e. The summed E-state index contributed by atoms with van der Waals surface area (Å²) in [4.78, 5) is 19.6. The molecule has 2 aromatic heterocycles. The van der Waals surface area contributed by atoms with Crippen LogP contribution in [-0.4, -0.2) is 31.4 Å². The third-order valence-corrected chi connectivity index (χ3v) is 5.91. The molecule has 5 rings (SSSR count). The molecule has 0 fully saturated rings. The zero-order chi connectivity index (χ0) is 21.2. The predicted octanol–water partition coefficient (Wildman–Crippen LogP) is 4.97. The zero-order valence-electron chi connectivity index (χ0n) is 16.8. The molecule has 0 radical (unpaired) electrons. The Morgan fingerprint density at radius 1 is 0.871 bits per heavy atom. The molecular formula is C24H19N5OS. The van der Waals surface area contributed by atoms with E-state index in [9.17, 15) is 4.79 Å². The number of para-hydroxylation sites is 3. The first-order valence-electron chi connectivity index (χ1n) is 9.86. The van der Waals surface area contributed by atoms with Gasteiger partial charge in [0, 0.05) is 23.8 Å². The number of benzene rings is 3. The molecule has 0 bridgehead atoms. The lowest BCUT2D eigenvalue weighted by atomic mass is 10.2. The highest BCUT2D eigenvalue weighted by molar-refractivity contribution is 7.99. The van der Waals surface area contributed by atoms with Gasteiger partial charge in [-0.05, 0) is 30.3 Å². The summed E-state index contributed by atoms with van der Waals surface area (Å²) in [5, 5.41) is 10.2. The molecule has 0 saturated heterocycles. The first-order chi connectivity index (χ1) is 15.2. The van der Waals surface area contributed by atoms with Crippen molar-refractivity contribution < 1.29 is 4.79 Å². The van der Waals surface area contributed by atoms with E-state index in [1.165, 1.54) is 11.8 Å². The number of thioether (sulfide) groups is 1. The molecular weight excluding hydrogens is 406 g/mol. The molecule has 0 aliphatic heterocycles. The smallest absolute Gasteiger partial charge is 0.242 e. The normalized spacial score (nSPS) is 11.1. The minimum atomic E-state index is -0.0526. The van der Waals surface area contributed by atoms with Crippen LogP contribution in [0.25, 0.3) is 22.1 Å². The van der Waals surface area contributed by atoms with E-state index in [2.05, 4.69) is 15.2 Å². The summed E-state index contributed by atoms with van der Waals surface area (Å²) in [6.45, 7) is 0. The van der Waals surface area contributed by atoms with Crippen molar-refractivity contribution in [2.45, 2.75) is 5.16 Å². The number of amides is 1. The fourth-order valence-electron chi connectivity index (χ4n) is 3.64. The van der Waals surface area contributed by atoms with Crippen molar-refractivity contribution in [2.75, 3.05) is 10.7 Å². The summed E-state index contributed by atoms with van der Waals surface area (Å²) in [6.07, 6.45) is 0. The number of hydrogen-bond acceptors (Lipinski definition) is 5. The SMILES string of the molecule is Cn1c2ccccc2c2nnc(SCC(=O)N(c3ccccc3)c3ccccc3)nc21. The van der Waals surface area contributed by atoms with Crippen LogP contribution in [0.15, 0.2) is 90.1 Å². The van der Waals surface area contributed by atoms with Gasteiger partial charge in [-0.2, -0.15) is 0 Å². The van der Waals surface area contributed by atoms with Crippen LogP contribution >= 0.6 is 11.8 Å². The number of aryl methyl sites for hydroxylation is 1. The van der Waals surface area contributed by atoms with E-state index in [-0.39, 0.29) is 11.7 Å². The summed E-state index contributed by atoms with van der Waals surface area (Å²) in [7, 11) is 1.96. The molecule has 1 amide bonds. The quantitative estimate of drug-likeness (QED) is 0.372. The van der Waals surface area contributed by atoms with Gasteiger partial charge in [-0.15, -0.1) is 10.2 Å². The predicted molar refractivity (Wildman–Crippen MR) is 125 cm³/mol. The second kappa shape index (κ2) is 8.20. The first kappa shape index (κ1) is 19.3. The van der Waals surface area contributed by atoms with Crippen LogP contribution < -0.4 is 4.90 Å².